The van der Waals surface area contributed by atoms with Gasteiger partial charge in [-0.3, -0.25) is 0 Å². The lowest BCUT2D eigenvalue weighted by Gasteiger charge is -2.21. The van der Waals surface area contributed by atoms with Crippen molar-refractivity contribution in [1.82, 2.24) is 0 Å². The van der Waals surface area contributed by atoms with Crippen molar-refractivity contribution in [2.75, 3.05) is 0 Å². The molecule has 96 valence electrons. The third-order valence-corrected chi connectivity index (χ3v) is 3.34. The van der Waals surface area contributed by atoms with E-state index >= 15 is 0 Å². The second-order valence-corrected chi connectivity index (χ2v) is 5.11. The molecule has 1 aliphatic carbocycles. The number of alkyl halides is 2. The van der Waals surface area contributed by atoms with Crippen molar-refractivity contribution in [1.29, 1.82) is 0 Å². The first-order valence-electron chi connectivity index (χ1n) is 6.49. The Hall–Kier alpha value is -1.36. The van der Waals surface area contributed by atoms with E-state index in [0.29, 0.717) is 19.3 Å². The molecule has 0 nitrogen and oxygen atoms in total. The van der Waals surface area contributed by atoms with Crippen LogP contribution in [0.5, 0.6) is 0 Å². The molecule has 0 aromatic heterocycles. The normalized spacial score (nSPS) is 27.8. The predicted molar refractivity (Wildman–Crippen MR) is 69.9 cm³/mol. The van der Waals surface area contributed by atoms with Gasteiger partial charge in [-0.1, -0.05) is 41.7 Å². The predicted octanol–water partition coefficient (Wildman–Crippen LogP) is 4.16. The standard InChI is InChI=1S/C16H18F2/c1-13-5-7-14(8-6-13)12-16(18)10-3-2-4-15(17)9-11-16/h5-8,15H,2-4,10,12H2,1H3. The maximum atomic E-state index is 14.6. The Morgan fingerprint density at radius 2 is 2.00 bits per heavy atom. The Morgan fingerprint density at radius 3 is 2.72 bits per heavy atom. The second-order valence-electron chi connectivity index (χ2n) is 5.11. The average molecular weight is 248 g/mol. The highest BCUT2D eigenvalue weighted by molar-refractivity contribution is 5.27. The quantitative estimate of drug-likeness (QED) is 0.689. The summed E-state index contributed by atoms with van der Waals surface area (Å²) in [6.07, 6.45) is 1.35. The van der Waals surface area contributed by atoms with Crippen molar-refractivity contribution in [3.63, 3.8) is 0 Å². The van der Waals surface area contributed by atoms with Gasteiger partial charge in [-0.05, 0) is 38.2 Å². The van der Waals surface area contributed by atoms with E-state index in [0.717, 1.165) is 17.5 Å². The minimum atomic E-state index is -1.57. The molecule has 0 spiro atoms. The summed E-state index contributed by atoms with van der Waals surface area (Å²) in [5.74, 6) is 4.93. The number of benzene rings is 1. The number of hydrogen-bond donors (Lipinski definition) is 0. The van der Waals surface area contributed by atoms with Gasteiger partial charge in [0.25, 0.3) is 0 Å². The third-order valence-electron chi connectivity index (χ3n) is 3.34. The van der Waals surface area contributed by atoms with Crippen molar-refractivity contribution in [2.24, 2.45) is 0 Å². The first kappa shape index (κ1) is 13.1. The van der Waals surface area contributed by atoms with Gasteiger partial charge in [-0.15, -0.1) is 0 Å². The number of halogens is 2. The summed E-state index contributed by atoms with van der Waals surface area (Å²) in [7, 11) is 0. The molecule has 0 saturated carbocycles. The van der Waals surface area contributed by atoms with E-state index in [1.165, 1.54) is 0 Å². The molecule has 0 N–H and O–H groups in total. The maximum Gasteiger partial charge on any atom is 0.174 e. The summed E-state index contributed by atoms with van der Waals surface area (Å²) in [5.41, 5.74) is 0.507. The molecule has 0 radical (unpaired) electrons. The van der Waals surface area contributed by atoms with Gasteiger partial charge >= 0.3 is 0 Å². The Balaban J connectivity index is 2.14. The molecule has 0 bridgehead atoms. The third kappa shape index (κ3) is 3.57. The van der Waals surface area contributed by atoms with Crippen LogP contribution in [0.3, 0.4) is 0 Å². The van der Waals surface area contributed by atoms with Crippen LogP contribution in [0.15, 0.2) is 24.3 Å². The SMILES string of the molecule is Cc1ccc(CC2(F)C#CC(F)CCCC2)cc1. The van der Waals surface area contributed by atoms with Crippen LogP contribution in [0.25, 0.3) is 0 Å². The molecular formula is C16H18F2. The minimum Gasteiger partial charge on any atom is -0.233 e. The van der Waals surface area contributed by atoms with Crippen LogP contribution in [0.1, 0.15) is 36.8 Å². The van der Waals surface area contributed by atoms with Crippen molar-refractivity contribution < 1.29 is 8.78 Å². The van der Waals surface area contributed by atoms with Crippen molar-refractivity contribution in [2.45, 2.75) is 50.9 Å². The summed E-state index contributed by atoms with van der Waals surface area (Å²) < 4.78 is 27.9. The molecule has 2 unspecified atom stereocenters. The highest BCUT2D eigenvalue weighted by atomic mass is 19.1. The van der Waals surface area contributed by atoms with Gasteiger partial charge < -0.3 is 0 Å². The highest BCUT2D eigenvalue weighted by Crippen LogP contribution is 2.26. The highest BCUT2D eigenvalue weighted by Gasteiger charge is 2.28. The molecule has 1 aromatic rings. The fourth-order valence-corrected chi connectivity index (χ4v) is 2.23. The van der Waals surface area contributed by atoms with Crippen LogP contribution in [0.4, 0.5) is 8.78 Å². The number of hydrogen-bond acceptors (Lipinski definition) is 0. The van der Waals surface area contributed by atoms with E-state index in [1.54, 1.807) is 0 Å². The van der Waals surface area contributed by atoms with Gasteiger partial charge in [0.2, 0.25) is 0 Å². The molecule has 18 heavy (non-hydrogen) atoms. The zero-order valence-electron chi connectivity index (χ0n) is 10.7. The monoisotopic (exact) mass is 248 g/mol. The Labute approximate surface area is 107 Å². The molecule has 0 saturated heterocycles. The van der Waals surface area contributed by atoms with Crippen molar-refractivity contribution >= 4 is 0 Å². The van der Waals surface area contributed by atoms with Gasteiger partial charge in [0.1, 0.15) is 0 Å². The van der Waals surface area contributed by atoms with Crippen LogP contribution in [-0.2, 0) is 6.42 Å². The fourth-order valence-electron chi connectivity index (χ4n) is 2.23. The Morgan fingerprint density at radius 1 is 1.28 bits per heavy atom. The molecule has 0 fully saturated rings. The molecule has 1 aromatic carbocycles. The lowest BCUT2D eigenvalue weighted by molar-refractivity contribution is 0.212. The van der Waals surface area contributed by atoms with Crippen LogP contribution >= 0.6 is 0 Å². The van der Waals surface area contributed by atoms with Gasteiger partial charge in [-0.25, -0.2) is 8.78 Å². The number of aryl methyl sites for hydroxylation is 1. The Bertz CT molecular complexity index is 452. The first-order chi connectivity index (χ1) is 8.57. The molecule has 2 heteroatoms. The Kier molecular flexibility index (Phi) is 4.01. The molecule has 0 amide bonds. The van der Waals surface area contributed by atoms with Gasteiger partial charge in [0.15, 0.2) is 11.8 Å². The van der Waals surface area contributed by atoms with Crippen molar-refractivity contribution in [3.05, 3.63) is 35.4 Å². The van der Waals surface area contributed by atoms with E-state index < -0.39 is 11.8 Å². The lowest BCUT2D eigenvalue weighted by Crippen LogP contribution is -2.25. The molecular weight excluding hydrogens is 230 g/mol. The topological polar surface area (TPSA) is 0 Å². The fraction of sp³-hybridized carbons (Fsp3) is 0.500. The van der Waals surface area contributed by atoms with E-state index in [9.17, 15) is 8.78 Å². The van der Waals surface area contributed by atoms with Crippen LogP contribution in [-0.4, -0.2) is 11.8 Å². The van der Waals surface area contributed by atoms with E-state index in [-0.39, 0.29) is 6.42 Å². The summed E-state index contributed by atoms with van der Waals surface area (Å²) in [6, 6.07) is 7.77. The zero-order valence-corrected chi connectivity index (χ0v) is 10.7. The second kappa shape index (κ2) is 5.52. The average Bonchev–Trinajstić information content (AvgIpc) is 2.34. The van der Waals surface area contributed by atoms with Gasteiger partial charge in [0.05, 0.1) is 0 Å². The molecule has 2 atom stereocenters. The lowest BCUT2D eigenvalue weighted by atomic mass is 9.89. The van der Waals surface area contributed by atoms with Crippen LogP contribution in [0, 0.1) is 18.8 Å². The smallest absolute Gasteiger partial charge is 0.174 e. The summed E-state index contributed by atoms with van der Waals surface area (Å²) in [6.45, 7) is 2.00. The zero-order chi connectivity index (χ0) is 13.0. The summed E-state index contributed by atoms with van der Waals surface area (Å²) >= 11 is 0. The van der Waals surface area contributed by atoms with Crippen LogP contribution in [0.2, 0.25) is 0 Å². The largest absolute Gasteiger partial charge is 0.233 e. The molecule has 0 aliphatic heterocycles. The van der Waals surface area contributed by atoms with Gasteiger partial charge in [-0.2, -0.15) is 0 Å². The maximum absolute atomic E-state index is 14.6. The van der Waals surface area contributed by atoms with E-state index in [1.807, 2.05) is 31.2 Å². The molecule has 2 rings (SSSR count). The first-order valence-corrected chi connectivity index (χ1v) is 6.49. The summed E-state index contributed by atoms with van der Waals surface area (Å²) in [4.78, 5) is 0. The van der Waals surface area contributed by atoms with E-state index in [4.69, 9.17) is 0 Å². The summed E-state index contributed by atoms with van der Waals surface area (Å²) in [5, 5.41) is 0. The number of rotatable bonds is 2. The van der Waals surface area contributed by atoms with Crippen molar-refractivity contribution in [3.8, 4) is 11.8 Å². The molecule has 0 heterocycles. The van der Waals surface area contributed by atoms with E-state index in [2.05, 4.69) is 11.8 Å². The molecule has 1 aliphatic rings. The van der Waals surface area contributed by atoms with Crippen LogP contribution < -0.4 is 0 Å². The minimum absolute atomic E-state index is 0.257. The van der Waals surface area contributed by atoms with Gasteiger partial charge in [0, 0.05) is 6.42 Å².